The standard InChI is InChI=1S/C13H18O3/c1-10(14)9-13(2,3)16-12(15)11-7-5-4-6-8-11/h4-8,10,14H,9H2,1-3H3. The van der Waals surface area contributed by atoms with Crippen molar-refractivity contribution in [3.63, 3.8) is 0 Å². The number of aliphatic hydroxyl groups is 1. The van der Waals surface area contributed by atoms with E-state index in [-0.39, 0.29) is 5.97 Å². The fourth-order valence-corrected chi connectivity index (χ4v) is 1.64. The van der Waals surface area contributed by atoms with Crippen LogP contribution in [0.15, 0.2) is 30.3 Å². The van der Waals surface area contributed by atoms with Gasteiger partial charge in [-0.3, -0.25) is 0 Å². The highest BCUT2D eigenvalue weighted by molar-refractivity contribution is 5.89. The lowest BCUT2D eigenvalue weighted by molar-refractivity contribution is -0.0210. The molecule has 1 rings (SSSR count). The molecule has 1 unspecified atom stereocenters. The van der Waals surface area contributed by atoms with Crippen LogP contribution in [0.3, 0.4) is 0 Å². The van der Waals surface area contributed by atoms with E-state index in [9.17, 15) is 9.90 Å². The molecule has 0 heterocycles. The molecule has 0 aromatic heterocycles. The van der Waals surface area contributed by atoms with Crippen LogP contribution in [0.4, 0.5) is 0 Å². The molecule has 0 bridgehead atoms. The lowest BCUT2D eigenvalue weighted by Crippen LogP contribution is -2.31. The number of rotatable bonds is 4. The summed E-state index contributed by atoms with van der Waals surface area (Å²) >= 11 is 0. The van der Waals surface area contributed by atoms with Crippen LogP contribution in [0.5, 0.6) is 0 Å². The lowest BCUT2D eigenvalue weighted by atomic mass is 10.0. The molecule has 1 N–H and O–H groups in total. The topological polar surface area (TPSA) is 46.5 Å². The van der Waals surface area contributed by atoms with Crippen molar-refractivity contribution in [2.45, 2.75) is 38.9 Å². The van der Waals surface area contributed by atoms with Crippen LogP contribution in [-0.4, -0.2) is 22.8 Å². The Bertz CT molecular complexity index is 341. The smallest absolute Gasteiger partial charge is 0.338 e. The molecule has 3 nitrogen and oxygen atoms in total. The first-order valence-corrected chi connectivity index (χ1v) is 5.37. The Labute approximate surface area is 96.1 Å². The Kier molecular flexibility index (Phi) is 4.07. The highest BCUT2D eigenvalue weighted by atomic mass is 16.6. The molecule has 0 saturated heterocycles. The van der Waals surface area contributed by atoms with Crippen LogP contribution in [0.1, 0.15) is 37.6 Å². The predicted octanol–water partition coefficient (Wildman–Crippen LogP) is 2.39. The second-order valence-corrected chi connectivity index (χ2v) is 4.57. The molecular formula is C13H18O3. The van der Waals surface area contributed by atoms with Crippen molar-refractivity contribution in [1.82, 2.24) is 0 Å². The molecular weight excluding hydrogens is 204 g/mol. The second kappa shape index (κ2) is 5.12. The normalized spacial score (nSPS) is 13.2. The van der Waals surface area contributed by atoms with Gasteiger partial charge in [-0.25, -0.2) is 4.79 Å². The summed E-state index contributed by atoms with van der Waals surface area (Å²) in [5, 5.41) is 9.28. The Balaban J connectivity index is 2.64. The first-order chi connectivity index (χ1) is 7.41. The monoisotopic (exact) mass is 222 g/mol. The average molecular weight is 222 g/mol. The molecule has 16 heavy (non-hydrogen) atoms. The van der Waals surface area contributed by atoms with E-state index in [2.05, 4.69) is 0 Å². The van der Waals surface area contributed by atoms with E-state index in [0.717, 1.165) is 0 Å². The number of aliphatic hydroxyl groups excluding tert-OH is 1. The van der Waals surface area contributed by atoms with Crippen molar-refractivity contribution < 1.29 is 14.6 Å². The highest BCUT2D eigenvalue weighted by Crippen LogP contribution is 2.19. The predicted molar refractivity (Wildman–Crippen MR) is 62.2 cm³/mol. The van der Waals surface area contributed by atoms with E-state index in [0.29, 0.717) is 12.0 Å². The molecule has 0 aliphatic heterocycles. The van der Waals surface area contributed by atoms with Gasteiger partial charge in [0.2, 0.25) is 0 Å². The van der Waals surface area contributed by atoms with Gasteiger partial charge in [-0.1, -0.05) is 18.2 Å². The third-order valence-corrected chi connectivity index (χ3v) is 2.17. The highest BCUT2D eigenvalue weighted by Gasteiger charge is 2.25. The maximum absolute atomic E-state index is 11.7. The Morgan fingerprint density at radius 1 is 1.38 bits per heavy atom. The minimum atomic E-state index is -0.652. The van der Waals surface area contributed by atoms with E-state index >= 15 is 0 Å². The van der Waals surface area contributed by atoms with Crippen molar-refractivity contribution in [2.24, 2.45) is 0 Å². The lowest BCUT2D eigenvalue weighted by Gasteiger charge is -2.26. The number of hydrogen-bond donors (Lipinski definition) is 1. The second-order valence-electron chi connectivity index (χ2n) is 4.57. The Hall–Kier alpha value is -1.35. The molecule has 0 fully saturated rings. The minimum absolute atomic E-state index is 0.355. The Morgan fingerprint density at radius 3 is 2.44 bits per heavy atom. The van der Waals surface area contributed by atoms with Gasteiger partial charge in [0.05, 0.1) is 11.7 Å². The van der Waals surface area contributed by atoms with Crippen molar-refractivity contribution in [2.75, 3.05) is 0 Å². The van der Waals surface area contributed by atoms with Gasteiger partial charge in [0.1, 0.15) is 5.60 Å². The van der Waals surface area contributed by atoms with Gasteiger partial charge >= 0.3 is 5.97 Å². The summed E-state index contributed by atoms with van der Waals surface area (Å²) in [5.41, 5.74) is -0.123. The van der Waals surface area contributed by atoms with Crippen molar-refractivity contribution >= 4 is 5.97 Å². The third kappa shape index (κ3) is 4.03. The number of ether oxygens (including phenoxy) is 1. The molecule has 1 aromatic rings. The van der Waals surface area contributed by atoms with Gasteiger partial charge in [0, 0.05) is 6.42 Å². The molecule has 1 atom stereocenters. The Morgan fingerprint density at radius 2 is 1.94 bits per heavy atom. The number of hydrogen-bond acceptors (Lipinski definition) is 3. The summed E-state index contributed by atoms with van der Waals surface area (Å²) in [6.45, 7) is 5.26. The summed E-state index contributed by atoms with van der Waals surface area (Å²) in [7, 11) is 0. The first kappa shape index (κ1) is 12.7. The molecule has 0 radical (unpaired) electrons. The summed E-state index contributed by atoms with van der Waals surface area (Å²) in [6, 6.07) is 8.84. The molecule has 0 aliphatic rings. The summed E-state index contributed by atoms with van der Waals surface area (Å²) in [5.74, 6) is -0.355. The van der Waals surface area contributed by atoms with Gasteiger partial charge in [-0.15, -0.1) is 0 Å². The quantitative estimate of drug-likeness (QED) is 0.796. The molecule has 0 saturated carbocycles. The van der Waals surface area contributed by atoms with Crippen molar-refractivity contribution in [3.8, 4) is 0 Å². The van der Waals surface area contributed by atoms with Crippen LogP contribution < -0.4 is 0 Å². The largest absolute Gasteiger partial charge is 0.456 e. The summed E-state index contributed by atoms with van der Waals surface area (Å²) < 4.78 is 5.34. The zero-order valence-electron chi connectivity index (χ0n) is 9.93. The van der Waals surface area contributed by atoms with Crippen LogP contribution in [0.2, 0.25) is 0 Å². The van der Waals surface area contributed by atoms with E-state index in [1.165, 1.54) is 0 Å². The zero-order valence-corrected chi connectivity index (χ0v) is 9.93. The molecule has 88 valence electrons. The van der Waals surface area contributed by atoms with Crippen molar-refractivity contribution in [3.05, 3.63) is 35.9 Å². The number of benzene rings is 1. The van der Waals surface area contributed by atoms with Crippen LogP contribution in [-0.2, 0) is 4.74 Å². The van der Waals surface area contributed by atoms with E-state index in [1.54, 1.807) is 45.0 Å². The minimum Gasteiger partial charge on any atom is -0.456 e. The molecule has 1 aromatic carbocycles. The average Bonchev–Trinajstić information content (AvgIpc) is 2.16. The van der Waals surface area contributed by atoms with Gasteiger partial charge in [0.15, 0.2) is 0 Å². The zero-order chi connectivity index (χ0) is 12.2. The van der Waals surface area contributed by atoms with Crippen LogP contribution in [0.25, 0.3) is 0 Å². The van der Waals surface area contributed by atoms with E-state index in [4.69, 9.17) is 4.74 Å². The maximum atomic E-state index is 11.7. The first-order valence-electron chi connectivity index (χ1n) is 5.37. The number of esters is 1. The molecule has 0 spiro atoms. The van der Waals surface area contributed by atoms with Gasteiger partial charge in [0.25, 0.3) is 0 Å². The van der Waals surface area contributed by atoms with E-state index in [1.807, 2.05) is 6.07 Å². The number of carbonyl (C=O) groups excluding carboxylic acids is 1. The summed E-state index contributed by atoms with van der Waals surface area (Å²) in [4.78, 5) is 11.7. The molecule has 3 heteroatoms. The third-order valence-electron chi connectivity index (χ3n) is 2.17. The maximum Gasteiger partial charge on any atom is 0.338 e. The van der Waals surface area contributed by atoms with Gasteiger partial charge in [-0.2, -0.15) is 0 Å². The van der Waals surface area contributed by atoms with E-state index < -0.39 is 11.7 Å². The SMILES string of the molecule is CC(O)CC(C)(C)OC(=O)c1ccccc1. The molecule has 0 aliphatic carbocycles. The fraction of sp³-hybridized carbons (Fsp3) is 0.462. The fourth-order valence-electron chi connectivity index (χ4n) is 1.64. The van der Waals surface area contributed by atoms with Gasteiger partial charge in [-0.05, 0) is 32.9 Å². The van der Waals surface area contributed by atoms with Crippen molar-refractivity contribution in [1.29, 1.82) is 0 Å². The van der Waals surface area contributed by atoms with Crippen LogP contribution in [0, 0.1) is 0 Å². The molecule has 0 amide bonds. The van der Waals surface area contributed by atoms with Crippen LogP contribution >= 0.6 is 0 Å². The summed E-state index contributed by atoms with van der Waals surface area (Å²) in [6.07, 6.45) is -0.0652. The van der Waals surface area contributed by atoms with Gasteiger partial charge < -0.3 is 9.84 Å². The number of carbonyl (C=O) groups is 1.